The van der Waals surface area contributed by atoms with Crippen molar-refractivity contribution in [3.63, 3.8) is 0 Å². The lowest BCUT2D eigenvalue weighted by molar-refractivity contribution is 0.136. The van der Waals surface area contributed by atoms with Crippen molar-refractivity contribution in [1.82, 2.24) is 0 Å². The molecular formula is C5H7F2NO. The zero-order valence-electron chi connectivity index (χ0n) is 4.81. The first-order chi connectivity index (χ1) is 4.27. The van der Waals surface area contributed by atoms with E-state index in [1.54, 1.807) is 0 Å². The number of isocyanates is 1. The highest BCUT2D eigenvalue weighted by molar-refractivity contribution is 5.32. The van der Waals surface area contributed by atoms with Crippen molar-refractivity contribution in [2.45, 2.75) is 19.3 Å². The van der Waals surface area contributed by atoms with Crippen LogP contribution in [0.1, 0.15) is 12.8 Å². The van der Waals surface area contributed by atoms with Crippen LogP contribution in [0.3, 0.4) is 0 Å². The number of hydrogen-bond acceptors (Lipinski definition) is 2. The van der Waals surface area contributed by atoms with Crippen LogP contribution < -0.4 is 0 Å². The number of carbonyl (C=O) groups excluding carboxylic acids is 1. The third-order valence-electron chi connectivity index (χ3n) is 0.757. The second-order valence-electron chi connectivity index (χ2n) is 1.51. The molecule has 0 bridgehead atoms. The minimum absolute atomic E-state index is 0.161. The van der Waals surface area contributed by atoms with Crippen molar-refractivity contribution in [2.75, 3.05) is 6.54 Å². The summed E-state index contributed by atoms with van der Waals surface area (Å²) in [6.07, 6.45) is -0.946. The first-order valence-electron chi connectivity index (χ1n) is 2.59. The van der Waals surface area contributed by atoms with E-state index in [2.05, 4.69) is 4.99 Å². The summed E-state index contributed by atoms with van der Waals surface area (Å²) in [5, 5.41) is 0. The molecule has 0 N–H and O–H groups in total. The van der Waals surface area contributed by atoms with Crippen molar-refractivity contribution < 1.29 is 13.6 Å². The summed E-state index contributed by atoms with van der Waals surface area (Å²) in [5.74, 6) is 0. The molecule has 0 rings (SSSR count). The Morgan fingerprint density at radius 2 is 2.22 bits per heavy atom. The van der Waals surface area contributed by atoms with Gasteiger partial charge < -0.3 is 0 Å². The second-order valence-corrected chi connectivity index (χ2v) is 1.51. The van der Waals surface area contributed by atoms with Gasteiger partial charge in [0, 0.05) is 6.42 Å². The molecule has 0 saturated heterocycles. The second kappa shape index (κ2) is 5.38. The predicted octanol–water partition coefficient (Wildman–Crippen LogP) is 1.37. The van der Waals surface area contributed by atoms with E-state index in [-0.39, 0.29) is 19.4 Å². The minimum atomic E-state index is -2.29. The summed E-state index contributed by atoms with van der Waals surface area (Å²) < 4.78 is 22.6. The Morgan fingerprint density at radius 3 is 2.67 bits per heavy atom. The molecule has 0 radical (unpaired) electrons. The summed E-state index contributed by atoms with van der Waals surface area (Å²) in [7, 11) is 0. The van der Waals surface area contributed by atoms with E-state index in [4.69, 9.17) is 0 Å². The maximum Gasteiger partial charge on any atom is 0.238 e. The Balaban J connectivity index is 3.00. The van der Waals surface area contributed by atoms with Gasteiger partial charge in [-0.05, 0) is 6.42 Å². The molecule has 0 unspecified atom stereocenters. The van der Waals surface area contributed by atoms with E-state index in [0.717, 1.165) is 0 Å². The first kappa shape index (κ1) is 8.24. The topological polar surface area (TPSA) is 29.4 Å². The predicted molar refractivity (Wildman–Crippen MR) is 28.2 cm³/mol. The molecule has 0 amide bonds. The maximum atomic E-state index is 11.3. The Morgan fingerprint density at radius 1 is 1.56 bits per heavy atom. The van der Waals surface area contributed by atoms with Crippen molar-refractivity contribution in [2.24, 2.45) is 4.99 Å². The van der Waals surface area contributed by atoms with Crippen LogP contribution in [0.4, 0.5) is 8.78 Å². The summed E-state index contributed by atoms with van der Waals surface area (Å²) in [4.78, 5) is 12.5. The average molecular weight is 135 g/mol. The van der Waals surface area contributed by atoms with Gasteiger partial charge in [-0.3, -0.25) is 0 Å². The molecule has 0 aromatic rings. The standard InChI is InChI=1S/C5H7F2NO/c6-5(7)2-1-3-8-4-9/h5H,1-3H2. The van der Waals surface area contributed by atoms with E-state index in [0.29, 0.717) is 0 Å². The minimum Gasteiger partial charge on any atom is -0.211 e. The fraction of sp³-hybridized carbons (Fsp3) is 0.800. The highest BCUT2D eigenvalue weighted by Crippen LogP contribution is 2.01. The molecular weight excluding hydrogens is 128 g/mol. The molecule has 0 fully saturated rings. The monoisotopic (exact) mass is 135 g/mol. The maximum absolute atomic E-state index is 11.3. The molecule has 2 nitrogen and oxygen atoms in total. The molecule has 0 aliphatic heterocycles. The summed E-state index contributed by atoms with van der Waals surface area (Å²) in [6, 6.07) is 0. The molecule has 52 valence electrons. The van der Waals surface area contributed by atoms with E-state index >= 15 is 0 Å². The van der Waals surface area contributed by atoms with Crippen LogP contribution in [0, 0.1) is 0 Å². The zero-order valence-corrected chi connectivity index (χ0v) is 4.81. The fourth-order valence-electron chi connectivity index (χ4n) is 0.370. The first-order valence-corrected chi connectivity index (χ1v) is 2.59. The number of rotatable bonds is 4. The van der Waals surface area contributed by atoms with Crippen molar-refractivity contribution in [3.8, 4) is 0 Å². The van der Waals surface area contributed by atoms with Gasteiger partial charge >= 0.3 is 0 Å². The average Bonchev–Trinajstić information content (AvgIpc) is 1.80. The van der Waals surface area contributed by atoms with Crippen LogP contribution in [0.25, 0.3) is 0 Å². The molecule has 0 heterocycles. The molecule has 0 aliphatic rings. The largest absolute Gasteiger partial charge is 0.238 e. The van der Waals surface area contributed by atoms with Crippen LogP contribution in [0.2, 0.25) is 0 Å². The Kier molecular flexibility index (Phi) is 4.92. The highest BCUT2D eigenvalue weighted by atomic mass is 19.3. The van der Waals surface area contributed by atoms with E-state index in [1.807, 2.05) is 0 Å². The van der Waals surface area contributed by atoms with Crippen molar-refractivity contribution in [3.05, 3.63) is 0 Å². The van der Waals surface area contributed by atoms with Gasteiger partial charge in [-0.15, -0.1) is 0 Å². The Labute approximate surface area is 51.6 Å². The number of halogens is 2. The zero-order chi connectivity index (χ0) is 7.11. The van der Waals surface area contributed by atoms with Crippen LogP contribution in [0.5, 0.6) is 0 Å². The summed E-state index contributed by atoms with van der Waals surface area (Å²) in [6.45, 7) is 0.161. The van der Waals surface area contributed by atoms with Gasteiger partial charge in [0.15, 0.2) is 0 Å². The number of alkyl halides is 2. The summed E-state index contributed by atoms with van der Waals surface area (Å²) in [5.41, 5.74) is 0. The van der Waals surface area contributed by atoms with Crippen LogP contribution in [0.15, 0.2) is 4.99 Å². The normalized spacial score (nSPS) is 9.22. The SMILES string of the molecule is O=C=NCCCC(F)F. The smallest absolute Gasteiger partial charge is 0.211 e. The number of aliphatic imine (C=N–C) groups is 1. The molecule has 0 aromatic heterocycles. The van der Waals surface area contributed by atoms with Gasteiger partial charge in [0.1, 0.15) is 0 Å². The van der Waals surface area contributed by atoms with Gasteiger partial charge in [0.25, 0.3) is 0 Å². The van der Waals surface area contributed by atoms with Crippen LogP contribution in [-0.4, -0.2) is 19.1 Å². The molecule has 0 aliphatic carbocycles. The van der Waals surface area contributed by atoms with E-state index < -0.39 is 6.43 Å². The van der Waals surface area contributed by atoms with Gasteiger partial charge in [0.2, 0.25) is 12.5 Å². The molecule has 0 atom stereocenters. The third-order valence-corrected chi connectivity index (χ3v) is 0.757. The van der Waals surface area contributed by atoms with Gasteiger partial charge in [-0.1, -0.05) is 0 Å². The molecule has 0 saturated carbocycles. The lowest BCUT2D eigenvalue weighted by Gasteiger charge is -1.91. The lowest BCUT2D eigenvalue weighted by Crippen LogP contribution is -1.91. The molecule has 4 heteroatoms. The molecule has 0 spiro atoms. The Bertz CT molecular complexity index is 110. The van der Waals surface area contributed by atoms with Gasteiger partial charge in [-0.2, -0.15) is 0 Å². The number of nitrogens with zero attached hydrogens (tertiary/aromatic N) is 1. The van der Waals surface area contributed by atoms with Crippen LogP contribution >= 0.6 is 0 Å². The van der Waals surface area contributed by atoms with Crippen LogP contribution in [-0.2, 0) is 4.79 Å². The van der Waals surface area contributed by atoms with Crippen molar-refractivity contribution in [1.29, 1.82) is 0 Å². The highest BCUT2D eigenvalue weighted by Gasteiger charge is 1.99. The quantitative estimate of drug-likeness (QED) is 0.325. The van der Waals surface area contributed by atoms with Crippen molar-refractivity contribution >= 4 is 6.08 Å². The molecule has 9 heavy (non-hydrogen) atoms. The third kappa shape index (κ3) is 7.24. The summed E-state index contributed by atoms with van der Waals surface area (Å²) >= 11 is 0. The Hall–Kier alpha value is -0.760. The van der Waals surface area contributed by atoms with E-state index in [1.165, 1.54) is 6.08 Å². The fourth-order valence-corrected chi connectivity index (χ4v) is 0.370. The molecule has 0 aromatic carbocycles. The number of hydrogen-bond donors (Lipinski definition) is 0. The van der Waals surface area contributed by atoms with Gasteiger partial charge in [-0.25, -0.2) is 18.6 Å². The lowest BCUT2D eigenvalue weighted by atomic mass is 10.3. The van der Waals surface area contributed by atoms with E-state index in [9.17, 15) is 13.6 Å². The van der Waals surface area contributed by atoms with Gasteiger partial charge in [0.05, 0.1) is 6.54 Å².